The summed E-state index contributed by atoms with van der Waals surface area (Å²) in [5.41, 5.74) is 3.62. The van der Waals surface area contributed by atoms with Gasteiger partial charge in [-0.25, -0.2) is 0 Å². The highest BCUT2D eigenvalue weighted by molar-refractivity contribution is 5.35. The van der Waals surface area contributed by atoms with Crippen molar-refractivity contribution in [2.45, 2.75) is 58.5 Å². The first kappa shape index (κ1) is 12.6. The molecule has 94 valence electrons. The summed E-state index contributed by atoms with van der Waals surface area (Å²) in [6.07, 6.45) is 7.39. The standard InChI is InChI=1S/C16H24O/c1-12-7-6-8-13(2)16(12)15(17)11-14-9-4-3-5-10-14/h6-8,14-15,17H,3-5,9-11H2,1-2H3. The fraction of sp³-hybridized carbons (Fsp3) is 0.625. The van der Waals surface area contributed by atoms with E-state index in [1.54, 1.807) is 0 Å². The molecule has 0 amide bonds. The van der Waals surface area contributed by atoms with Crippen LogP contribution in [0, 0.1) is 19.8 Å². The van der Waals surface area contributed by atoms with Gasteiger partial charge in [-0.1, -0.05) is 50.3 Å². The van der Waals surface area contributed by atoms with Crippen molar-refractivity contribution < 1.29 is 5.11 Å². The molecule has 1 atom stereocenters. The third-order valence-electron chi connectivity index (χ3n) is 4.16. The van der Waals surface area contributed by atoms with Crippen LogP contribution in [0.5, 0.6) is 0 Å². The molecule has 0 aliphatic heterocycles. The third-order valence-corrected chi connectivity index (χ3v) is 4.16. The number of aliphatic hydroxyl groups is 1. The molecule has 1 aliphatic rings. The average molecular weight is 232 g/mol. The van der Waals surface area contributed by atoms with Crippen LogP contribution in [0.3, 0.4) is 0 Å². The van der Waals surface area contributed by atoms with Gasteiger partial charge in [-0.05, 0) is 42.9 Å². The van der Waals surface area contributed by atoms with E-state index in [2.05, 4.69) is 32.0 Å². The van der Waals surface area contributed by atoms with Crippen molar-refractivity contribution in [1.82, 2.24) is 0 Å². The lowest BCUT2D eigenvalue weighted by molar-refractivity contribution is 0.130. The van der Waals surface area contributed by atoms with Crippen molar-refractivity contribution in [2.24, 2.45) is 5.92 Å². The van der Waals surface area contributed by atoms with Crippen molar-refractivity contribution in [1.29, 1.82) is 0 Å². The summed E-state index contributed by atoms with van der Waals surface area (Å²) >= 11 is 0. The van der Waals surface area contributed by atoms with Crippen LogP contribution >= 0.6 is 0 Å². The normalized spacial score (nSPS) is 19.2. The number of hydrogen-bond donors (Lipinski definition) is 1. The second-order valence-corrected chi connectivity index (χ2v) is 5.56. The molecule has 1 fully saturated rings. The lowest BCUT2D eigenvalue weighted by atomic mass is 9.83. The minimum atomic E-state index is -0.265. The molecule has 0 bridgehead atoms. The van der Waals surface area contributed by atoms with Gasteiger partial charge in [0.05, 0.1) is 6.10 Å². The smallest absolute Gasteiger partial charge is 0.0797 e. The summed E-state index contributed by atoms with van der Waals surface area (Å²) < 4.78 is 0. The number of aliphatic hydroxyl groups excluding tert-OH is 1. The highest BCUT2D eigenvalue weighted by Gasteiger charge is 2.20. The summed E-state index contributed by atoms with van der Waals surface area (Å²) in [4.78, 5) is 0. The van der Waals surface area contributed by atoms with Crippen LogP contribution in [0.25, 0.3) is 0 Å². The van der Waals surface area contributed by atoms with Crippen molar-refractivity contribution in [2.75, 3.05) is 0 Å². The van der Waals surface area contributed by atoms with Gasteiger partial charge in [-0.3, -0.25) is 0 Å². The van der Waals surface area contributed by atoms with E-state index in [4.69, 9.17) is 0 Å². The molecule has 1 nitrogen and oxygen atoms in total. The predicted molar refractivity (Wildman–Crippen MR) is 72.1 cm³/mol. The Labute approximate surface area is 105 Å². The van der Waals surface area contributed by atoms with Gasteiger partial charge in [0.2, 0.25) is 0 Å². The molecule has 2 rings (SSSR count). The van der Waals surface area contributed by atoms with Gasteiger partial charge in [0.15, 0.2) is 0 Å². The maximum absolute atomic E-state index is 10.4. The summed E-state index contributed by atoms with van der Waals surface area (Å²) in [6.45, 7) is 4.21. The zero-order chi connectivity index (χ0) is 12.3. The van der Waals surface area contributed by atoms with E-state index in [0.717, 1.165) is 17.9 Å². The molecule has 1 aromatic rings. The lowest BCUT2D eigenvalue weighted by Gasteiger charge is -2.25. The third kappa shape index (κ3) is 3.10. The van der Waals surface area contributed by atoms with E-state index in [1.807, 2.05) is 0 Å². The fourth-order valence-electron chi connectivity index (χ4n) is 3.21. The number of benzene rings is 1. The molecule has 0 aromatic heterocycles. The second kappa shape index (κ2) is 5.68. The zero-order valence-corrected chi connectivity index (χ0v) is 11.1. The lowest BCUT2D eigenvalue weighted by Crippen LogP contribution is -2.12. The topological polar surface area (TPSA) is 20.2 Å². The Hall–Kier alpha value is -0.820. The summed E-state index contributed by atoms with van der Waals surface area (Å²) in [5, 5.41) is 10.4. The molecule has 0 saturated heterocycles. The molecule has 0 radical (unpaired) electrons. The van der Waals surface area contributed by atoms with Crippen LogP contribution in [0.2, 0.25) is 0 Å². The van der Waals surface area contributed by atoms with E-state index in [0.29, 0.717) is 0 Å². The van der Waals surface area contributed by atoms with E-state index in [-0.39, 0.29) is 6.10 Å². The minimum absolute atomic E-state index is 0.265. The molecule has 1 unspecified atom stereocenters. The van der Waals surface area contributed by atoms with Crippen LogP contribution in [0.1, 0.15) is 61.3 Å². The highest BCUT2D eigenvalue weighted by atomic mass is 16.3. The Balaban J connectivity index is 2.05. The monoisotopic (exact) mass is 232 g/mol. The van der Waals surface area contributed by atoms with Crippen molar-refractivity contribution in [3.63, 3.8) is 0 Å². The highest BCUT2D eigenvalue weighted by Crippen LogP contribution is 2.33. The van der Waals surface area contributed by atoms with Crippen LogP contribution in [0.4, 0.5) is 0 Å². The summed E-state index contributed by atoms with van der Waals surface area (Å²) in [6, 6.07) is 6.28. The van der Waals surface area contributed by atoms with Crippen LogP contribution in [0.15, 0.2) is 18.2 Å². The van der Waals surface area contributed by atoms with Crippen LogP contribution < -0.4 is 0 Å². The van der Waals surface area contributed by atoms with Crippen LogP contribution in [-0.4, -0.2) is 5.11 Å². The average Bonchev–Trinajstić information content (AvgIpc) is 2.30. The van der Waals surface area contributed by atoms with Gasteiger partial charge in [0.25, 0.3) is 0 Å². The Morgan fingerprint density at radius 1 is 1.12 bits per heavy atom. The maximum Gasteiger partial charge on any atom is 0.0797 e. The predicted octanol–water partition coefficient (Wildman–Crippen LogP) is 4.31. The number of aryl methyl sites for hydroxylation is 2. The van der Waals surface area contributed by atoms with Gasteiger partial charge < -0.3 is 5.11 Å². The molecular formula is C16H24O. The number of hydrogen-bond acceptors (Lipinski definition) is 1. The van der Waals surface area contributed by atoms with E-state index < -0.39 is 0 Å². The van der Waals surface area contributed by atoms with Gasteiger partial charge in [-0.15, -0.1) is 0 Å². The molecule has 1 N–H and O–H groups in total. The Kier molecular flexibility index (Phi) is 4.22. The fourth-order valence-corrected chi connectivity index (χ4v) is 3.21. The second-order valence-electron chi connectivity index (χ2n) is 5.56. The van der Waals surface area contributed by atoms with E-state index in [1.165, 1.54) is 43.2 Å². The molecule has 1 aliphatic carbocycles. The summed E-state index contributed by atoms with van der Waals surface area (Å²) in [7, 11) is 0. The molecule has 0 heterocycles. The van der Waals surface area contributed by atoms with Crippen molar-refractivity contribution in [3.8, 4) is 0 Å². The Morgan fingerprint density at radius 2 is 1.71 bits per heavy atom. The van der Waals surface area contributed by atoms with Crippen LogP contribution in [-0.2, 0) is 0 Å². The van der Waals surface area contributed by atoms with Crippen molar-refractivity contribution >= 4 is 0 Å². The van der Waals surface area contributed by atoms with Crippen molar-refractivity contribution in [3.05, 3.63) is 34.9 Å². The first-order valence-corrected chi connectivity index (χ1v) is 6.92. The van der Waals surface area contributed by atoms with Gasteiger partial charge >= 0.3 is 0 Å². The Bertz CT molecular complexity index is 344. The number of rotatable bonds is 3. The van der Waals surface area contributed by atoms with Gasteiger partial charge in [0.1, 0.15) is 0 Å². The molecular weight excluding hydrogens is 208 g/mol. The van der Waals surface area contributed by atoms with Gasteiger partial charge in [-0.2, -0.15) is 0 Å². The quantitative estimate of drug-likeness (QED) is 0.823. The van der Waals surface area contributed by atoms with E-state index in [9.17, 15) is 5.11 Å². The Morgan fingerprint density at radius 3 is 2.29 bits per heavy atom. The first-order valence-electron chi connectivity index (χ1n) is 6.92. The zero-order valence-electron chi connectivity index (χ0n) is 11.1. The first-order chi connectivity index (χ1) is 8.18. The molecule has 1 heteroatoms. The molecule has 17 heavy (non-hydrogen) atoms. The van der Waals surface area contributed by atoms with Gasteiger partial charge in [0, 0.05) is 0 Å². The maximum atomic E-state index is 10.4. The van der Waals surface area contributed by atoms with E-state index >= 15 is 0 Å². The molecule has 1 saturated carbocycles. The molecule has 1 aromatic carbocycles. The largest absolute Gasteiger partial charge is 0.388 e. The summed E-state index contributed by atoms with van der Waals surface area (Å²) in [5.74, 6) is 0.734. The minimum Gasteiger partial charge on any atom is -0.388 e. The molecule has 0 spiro atoms. The SMILES string of the molecule is Cc1cccc(C)c1C(O)CC1CCCCC1.